The van der Waals surface area contributed by atoms with Gasteiger partial charge in [0.15, 0.2) is 0 Å². The number of benzene rings is 1. The smallest absolute Gasteiger partial charge is 0.223 e. The maximum atomic E-state index is 12.7. The number of nitrogens with one attached hydrogen (secondary N) is 1. The van der Waals surface area contributed by atoms with Crippen LogP contribution >= 0.6 is 24.0 Å². The van der Waals surface area contributed by atoms with Gasteiger partial charge in [-0.15, -0.1) is 12.4 Å². The molecule has 2 saturated carbocycles. The molecule has 0 aliphatic heterocycles. The summed E-state index contributed by atoms with van der Waals surface area (Å²) in [5.41, 5.74) is 6.98. The van der Waals surface area contributed by atoms with Gasteiger partial charge in [0.25, 0.3) is 0 Å². The van der Waals surface area contributed by atoms with E-state index in [0.717, 1.165) is 29.8 Å². The lowest BCUT2D eigenvalue weighted by atomic mass is 9.93. The largest absolute Gasteiger partial charge is 0.349 e. The zero-order valence-corrected chi connectivity index (χ0v) is 15.1. The van der Waals surface area contributed by atoms with Gasteiger partial charge in [-0.3, -0.25) is 4.79 Å². The molecule has 1 amide bonds. The van der Waals surface area contributed by atoms with Crippen molar-refractivity contribution in [1.29, 1.82) is 0 Å². The molecule has 5 heteroatoms. The SMILES string of the molecule is CC1CC1C(NC(=O)[C@@H]1CCC[C@@H]1CN)c1ccc(Cl)cc1.Cl. The molecule has 0 radical (unpaired) electrons. The van der Waals surface area contributed by atoms with Gasteiger partial charge >= 0.3 is 0 Å². The van der Waals surface area contributed by atoms with E-state index in [2.05, 4.69) is 12.2 Å². The highest BCUT2D eigenvalue weighted by Gasteiger charge is 2.42. The Bertz CT molecular complexity index is 534. The highest BCUT2D eigenvalue weighted by atomic mass is 35.5. The number of nitrogens with two attached hydrogens (primary N) is 1. The monoisotopic (exact) mass is 356 g/mol. The predicted molar refractivity (Wildman–Crippen MR) is 96.7 cm³/mol. The van der Waals surface area contributed by atoms with E-state index in [0.29, 0.717) is 24.3 Å². The molecule has 0 bridgehead atoms. The molecule has 0 aromatic heterocycles. The van der Waals surface area contributed by atoms with Gasteiger partial charge in [-0.25, -0.2) is 0 Å². The molecule has 3 N–H and O–H groups in total. The molecular formula is C18H26Cl2N2O. The summed E-state index contributed by atoms with van der Waals surface area (Å²) < 4.78 is 0. The summed E-state index contributed by atoms with van der Waals surface area (Å²) in [6, 6.07) is 7.99. The van der Waals surface area contributed by atoms with E-state index in [1.165, 1.54) is 6.42 Å². The molecule has 5 atom stereocenters. The average Bonchev–Trinajstić information content (AvgIpc) is 3.04. The maximum Gasteiger partial charge on any atom is 0.223 e. The zero-order valence-electron chi connectivity index (χ0n) is 13.5. The number of halogens is 2. The minimum Gasteiger partial charge on any atom is -0.349 e. The van der Waals surface area contributed by atoms with Crippen LogP contribution in [0.3, 0.4) is 0 Å². The summed E-state index contributed by atoms with van der Waals surface area (Å²) in [6.45, 7) is 2.86. The van der Waals surface area contributed by atoms with Gasteiger partial charge in [0, 0.05) is 10.9 Å². The first-order chi connectivity index (χ1) is 10.6. The molecule has 1 aromatic rings. The quantitative estimate of drug-likeness (QED) is 0.838. The molecule has 3 unspecified atom stereocenters. The van der Waals surface area contributed by atoms with Crippen LogP contribution in [0.15, 0.2) is 24.3 Å². The molecule has 128 valence electrons. The summed E-state index contributed by atoms with van der Waals surface area (Å²) in [6.07, 6.45) is 4.35. The lowest BCUT2D eigenvalue weighted by molar-refractivity contribution is -0.126. The first-order valence-corrected chi connectivity index (χ1v) is 8.74. The second kappa shape index (κ2) is 7.87. The van der Waals surface area contributed by atoms with E-state index in [-0.39, 0.29) is 30.3 Å². The molecule has 23 heavy (non-hydrogen) atoms. The number of hydrogen-bond donors (Lipinski definition) is 2. The van der Waals surface area contributed by atoms with Crippen molar-refractivity contribution in [3.63, 3.8) is 0 Å². The van der Waals surface area contributed by atoms with Crippen LogP contribution in [0.25, 0.3) is 0 Å². The number of amides is 1. The third kappa shape index (κ3) is 4.20. The Labute approximate surface area is 149 Å². The van der Waals surface area contributed by atoms with Crippen molar-refractivity contribution in [2.24, 2.45) is 29.4 Å². The summed E-state index contributed by atoms with van der Waals surface area (Å²) in [5, 5.41) is 4.05. The van der Waals surface area contributed by atoms with Crippen LogP contribution in [0.5, 0.6) is 0 Å². The Balaban J connectivity index is 0.00000192. The van der Waals surface area contributed by atoms with Gasteiger partial charge in [-0.1, -0.05) is 37.1 Å². The molecule has 2 fully saturated rings. The van der Waals surface area contributed by atoms with Crippen LogP contribution in [0.2, 0.25) is 5.02 Å². The van der Waals surface area contributed by atoms with Crippen LogP contribution in [-0.2, 0) is 4.79 Å². The van der Waals surface area contributed by atoms with Gasteiger partial charge in [-0.05, 0) is 61.3 Å². The van der Waals surface area contributed by atoms with Gasteiger partial charge in [0.05, 0.1) is 6.04 Å². The second-order valence-corrected chi connectivity index (χ2v) is 7.38. The fourth-order valence-corrected chi connectivity index (χ4v) is 3.97. The number of hydrogen-bond acceptors (Lipinski definition) is 2. The minimum atomic E-state index is 0. The fraction of sp³-hybridized carbons (Fsp3) is 0.611. The van der Waals surface area contributed by atoms with E-state index in [4.69, 9.17) is 17.3 Å². The topological polar surface area (TPSA) is 55.1 Å². The van der Waals surface area contributed by atoms with Crippen molar-refractivity contribution in [1.82, 2.24) is 5.32 Å². The van der Waals surface area contributed by atoms with Gasteiger partial charge in [-0.2, -0.15) is 0 Å². The Hall–Kier alpha value is -0.770. The normalized spacial score (nSPS) is 30.4. The van der Waals surface area contributed by atoms with Crippen molar-refractivity contribution in [3.8, 4) is 0 Å². The first-order valence-electron chi connectivity index (χ1n) is 8.36. The Morgan fingerprint density at radius 1 is 1.35 bits per heavy atom. The summed E-state index contributed by atoms with van der Waals surface area (Å²) in [5.74, 6) is 1.85. The molecular weight excluding hydrogens is 331 g/mol. The average molecular weight is 357 g/mol. The Kier molecular flexibility index (Phi) is 6.35. The third-order valence-corrected chi connectivity index (χ3v) is 5.68. The lowest BCUT2D eigenvalue weighted by Crippen LogP contribution is -2.38. The number of carbonyl (C=O) groups excluding carboxylic acids is 1. The van der Waals surface area contributed by atoms with Crippen LogP contribution in [0.4, 0.5) is 0 Å². The van der Waals surface area contributed by atoms with E-state index in [9.17, 15) is 4.79 Å². The number of carbonyl (C=O) groups is 1. The summed E-state index contributed by atoms with van der Waals surface area (Å²) in [4.78, 5) is 12.7. The van der Waals surface area contributed by atoms with Crippen LogP contribution in [0.1, 0.15) is 44.2 Å². The lowest BCUT2D eigenvalue weighted by Gasteiger charge is -2.24. The van der Waals surface area contributed by atoms with Crippen molar-refractivity contribution in [2.75, 3.05) is 6.54 Å². The van der Waals surface area contributed by atoms with E-state index in [1.807, 2.05) is 24.3 Å². The van der Waals surface area contributed by atoms with Crippen molar-refractivity contribution >= 4 is 29.9 Å². The van der Waals surface area contributed by atoms with Crippen LogP contribution in [0, 0.1) is 23.7 Å². The Morgan fingerprint density at radius 2 is 2.00 bits per heavy atom. The standard InChI is InChI=1S/C18H25ClN2O.ClH/c1-11-9-16(11)17(12-5-7-14(19)8-6-12)21-18(22)15-4-2-3-13(15)10-20;/h5-8,11,13,15-17H,2-4,9-10,20H2,1H3,(H,21,22);1H/t11?,13-,15-,16?,17?;/m1./s1. The van der Waals surface area contributed by atoms with E-state index < -0.39 is 0 Å². The van der Waals surface area contributed by atoms with E-state index >= 15 is 0 Å². The van der Waals surface area contributed by atoms with Crippen molar-refractivity contribution in [2.45, 2.75) is 38.6 Å². The molecule has 3 nitrogen and oxygen atoms in total. The first kappa shape index (κ1) is 18.6. The molecule has 2 aliphatic carbocycles. The van der Waals surface area contributed by atoms with Gasteiger partial charge < -0.3 is 11.1 Å². The maximum absolute atomic E-state index is 12.7. The van der Waals surface area contributed by atoms with Crippen molar-refractivity contribution in [3.05, 3.63) is 34.9 Å². The Morgan fingerprint density at radius 3 is 2.57 bits per heavy atom. The minimum absolute atomic E-state index is 0. The third-order valence-electron chi connectivity index (χ3n) is 5.43. The second-order valence-electron chi connectivity index (χ2n) is 6.95. The van der Waals surface area contributed by atoms with Crippen LogP contribution in [-0.4, -0.2) is 12.5 Å². The van der Waals surface area contributed by atoms with Crippen LogP contribution < -0.4 is 11.1 Å². The molecule has 0 saturated heterocycles. The molecule has 0 spiro atoms. The van der Waals surface area contributed by atoms with Crippen molar-refractivity contribution < 1.29 is 4.79 Å². The fourth-order valence-electron chi connectivity index (χ4n) is 3.85. The molecule has 2 aliphatic rings. The molecule has 3 rings (SSSR count). The highest BCUT2D eigenvalue weighted by Crippen LogP contribution is 2.47. The zero-order chi connectivity index (χ0) is 15.7. The summed E-state index contributed by atoms with van der Waals surface area (Å²) >= 11 is 5.99. The molecule has 0 heterocycles. The highest BCUT2D eigenvalue weighted by molar-refractivity contribution is 6.30. The van der Waals surface area contributed by atoms with E-state index in [1.54, 1.807) is 0 Å². The number of rotatable bonds is 5. The molecule has 1 aromatic carbocycles. The predicted octanol–water partition coefficient (Wildman–Crippen LogP) is 3.95. The van der Waals surface area contributed by atoms with Gasteiger partial charge in [0.2, 0.25) is 5.91 Å². The van der Waals surface area contributed by atoms with Gasteiger partial charge in [0.1, 0.15) is 0 Å². The summed E-state index contributed by atoms with van der Waals surface area (Å²) in [7, 11) is 0.